The zero-order chi connectivity index (χ0) is 21.0. The van der Waals surface area contributed by atoms with Gasteiger partial charge in [-0.1, -0.05) is 12.1 Å². The van der Waals surface area contributed by atoms with Gasteiger partial charge in [-0.05, 0) is 41.8 Å². The Hall–Kier alpha value is -2.79. The van der Waals surface area contributed by atoms with Crippen molar-refractivity contribution in [3.63, 3.8) is 0 Å². The fraction of sp³-hybridized carbons (Fsp3) is 0.100. The Bertz CT molecular complexity index is 1230. The van der Waals surface area contributed by atoms with Gasteiger partial charge in [-0.2, -0.15) is 0 Å². The first-order chi connectivity index (χ1) is 14.5. The second kappa shape index (κ2) is 8.92. The van der Waals surface area contributed by atoms with Gasteiger partial charge >= 0.3 is 0 Å². The standard InChI is InChI=1S/C20H17N3O4S3/c24-19(11-15-13-29-20(23-15)18-7-3-9-28-18)22-14-4-1-6-17(10-14)30(25,26)21-12-16-5-2-8-27-16/h1-10,13,21H,11-12H2,(H,22,24). The maximum atomic E-state index is 12.5. The van der Waals surface area contributed by atoms with E-state index >= 15 is 0 Å². The summed E-state index contributed by atoms with van der Waals surface area (Å²) in [6.07, 6.45) is 1.58. The minimum Gasteiger partial charge on any atom is -0.468 e. The molecule has 7 nitrogen and oxygen atoms in total. The number of hydrogen-bond donors (Lipinski definition) is 2. The number of thiophene rings is 1. The van der Waals surface area contributed by atoms with Crippen LogP contribution >= 0.6 is 22.7 Å². The number of rotatable bonds is 8. The molecule has 0 aliphatic carbocycles. The number of nitrogens with zero attached hydrogens (tertiary/aromatic N) is 1. The highest BCUT2D eigenvalue weighted by Crippen LogP contribution is 2.28. The molecule has 0 saturated heterocycles. The van der Waals surface area contributed by atoms with E-state index in [-0.39, 0.29) is 23.8 Å². The third kappa shape index (κ3) is 5.03. The summed E-state index contributed by atoms with van der Waals surface area (Å²) in [4.78, 5) is 18.0. The van der Waals surface area contributed by atoms with Crippen LogP contribution in [0.1, 0.15) is 11.5 Å². The van der Waals surface area contributed by atoms with Gasteiger partial charge in [0.2, 0.25) is 15.9 Å². The van der Waals surface area contributed by atoms with Crippen LogP contribution in [0.3, 0.4) is 0 Å². The van der Waals surface area contributed by atoms with Crippen LogP contribution in [-0.2, 0) is 27.8 Å². The van der Waals surface area contributed by atoms with Crippen LogP contribution in [0.4, 0.5) is 5.69 Å². The molecule has 0 aliphatic rings. The van der Waals surface area contributed by atoms with E-state index in [1.54, 1.807) is 35.6 Å². The van der Waals surface area contributed by atoms with Crippen molar-refractivity contribution < 1.29 is 17.6 Å². The fourth-order valence-corrected chi connectivity index (χ4v) is 5.35. The van der Waals surface area contributed by atoms with Crippen LogP contribution in [0.2, 0.25) is 0 Å². The molecule has 4 rings (SSSR count). The molecule has 2 N–H and O–H groups in total. The summed E-state index contributed by atoms with van der Waals surface area (Å²) in [5, 5.41) is 7.45. The van der Waals surface area contributed by atoms with Crippen molar-refractivity contribution >= 4 is 44.3 Å². The molecule has 154 valence electrons. The molecule has 3 aromatic heterocycles. The highest BCUT2D eigenvalue weighted by atomic mass is 32.2. The topological polar surface area (TPSA) is 101 Å². The number of nitrogens with one attached hydrogen (secondary N) is 2. The Morgan fingerprint density at radius 1 is 1.10 bits per heavy atom. The predicted octanol–water partition coefficient (Wildman–Crippen LogP) is 4.12. The summed E-state index contributed by atoms with van der Waals surface area (Å²) in [5.41, 5.74) is 1.07. The molecule has 0 bridgehead atoms. The summed E-state index contributed by atoms with van der Waals surface area (Å²) in [7, 11) is -3.75. The molecule has 4 aromatic rings. The van der Waals surface area contributed by atoms with Crippen molar-refractivity contribution in [2.75, 3.05) is 5.32 Å². The maximum Gasteiger partial charge on any atom is 0.241 e. The molecule has 30 heavy (non-hydrogen) atoms. The lowest BCUT2D eigenvalue weighted by atomic mass is 10.3. The first-order valence-corrected chi connectivity index (χ1v) is 12.1. The van der Waals surface area contributed by atoms with Crippen molar-refractivity contribution in [2.45, 2.75) is 17.9 Å². The van der Waals surface area contributed by atoms with Crippen molar-refractivity contribution in [3.05, 3.63) is 77.0 Å². The number of furan rings is 1. The van der Waals surface area contributed by atoms with E-state index in [0.717, 1.165) is 9.88 Å². The highest BCUT2D eigenvalue weighted by molar-refractivity contribution is 7.89. The molecule has 1 amide bonds. The van der Waals surface area contributed by atoms with E-state index < -0.39 is 10.0 Å². The van der Waals surface area contributed by atoms with Crippen LogP contribution in [-0.4, -0.2) is 19.3 Å². The first-order valence-electron chi connectivity index (χ1n) is 8.90. The van der Waals surface area contributed by atoms with Crippen molar-refractivity contribution in [2.24, 2.45) is 0 Å². The number of carbonyl (C=O) groups excluding carboxylic acids is 1. The SMILES string of the molecule is O=C(Cc1csc(-c2cccs2)n1)Nc1cccc(S(=O)(=O)NCc2ccco2)c1. The van der Waals surface area contributed by atoms with Crippen LogP contribution in [0.15, 0.2) is 74.9 Å². The summed E-state index contributed by atoms with van der Waals surface area (Å²) in [6, 6.07) is 13.4. The number of benzene rings is 1. The normalized spacial score (nSPS) is 11.5. The zero-order valence-corrected chi connectivity index (χ0v) is 18.0. The number of carbonyl (C=O) groups is 1. The maximum absolute atomic E-state index is 12.5. The van der Waals surface area contributed by atoms with Gasteiger partial charge < -0.3 is 9.73 Å². The lowest BCUT2D eigenvalue weighted by molar-refractivity contribution is -0.115. The molecule has 10 heteroatoms. The van der Waals surface area contributed by atoms with Crippen molar-refractivity contribution in [1.29, 1.82) is 0 Å². The van der Waals surface area contributed by atoms with Gasteiger partial charge in [0.05, 0.1) is 34.7 Å². The number of hydrogen-bond acceptors (Lipinski definition) is 7. The summed E-state index contributed by atoms with van der Waals surface area (Å²) >= 11 is 3.09. The number of aromatic nitrogens is 1. The molecule has 0 unspecified atom stereocenters. The van der Waals surface area contributed by atoms with E-state index in [1.807, 2.05) is 22.9 Å². The van der Waals surface area contributed by atoms with Crippen LogP contribution in [0.5, 0.6) is 0 Å². The highest BCUT2D eigenvalue weighted by Gasteiger charge is 2.16. The molecule has 1 aromatic carbocycles. The summed E-state index contributed by atoms with van der Waals surface area (Å²) < 4.78 is 32.6. The van der Waals surface area contributed by atoms with Gasteiger partial charge in [-0.25, -0.2) is 18.1 Å². The van der Waals surface area contributed by atoms with Gasteiger partial charge in [0.15, 0.2) is 0 Å². The van der Waals surface area contributed by atoms with Gasteiger partial charge in [-0.3, -0.25) is 4.79 Å². The zero-order valence-electron chi connectivity index (χ0n) is 15.6. The number of thiazole rings is 1. The molecule has 0 fully saturated rings. The second-order valence-corrected chi connectivity index (χ2v) is 9.85. The second-order valence-electron chi connectivity index (χ2n) is 6.28. The quantitative estimate of drug-likeness (QED) is 0.413. The molecule has 3 heterocycles. The predicted molar refractivity (Wildman–Crippen MR) is 117 cm³/mol. The molecule has 0 atom stereocenters. The van der Waals surface area contributed by atoms with Crippen LogP contribution in [0, 0.1) is 0 Å². The van der Waals surface area contributed by atoms with E-state index in [1.165, 1.54) is 29.7 Å². The molecule has 0 radical (unpaired) electrons. The molecule has 0 aliphatic heterocycles. The lowest BCUT2D eigenvalue weighted by Crippen LogP contribution is -2.23. The van der Waals surface area contributed by atoms with Crippen LogP contribution in [0.25, 0.3) is 9.88 Å². The Morgan fingerprint density at radius 2 is 2.00 bits per heavy atom. The largest absolute Gasteiger partial charge is 0.468 e. The average Bonchev–Trinajstić information content (AvgIpc) is 3.48. The van der Waals surface area contributed by atoms with E-state index in [2.05, 4.69) is 15.0 Å². The van der Waals surface area contributed by atoms with Gasteiger partial charge in [0, 0.05) is 11.1 Å². The fourth-order valence-electron chi connectivity index (χ4n) is 2.67. The molecule has 0 spiro atoms. The Morgan fingerprint density at radius 3 is 2.77 bits per heavy atom. The molecule has 0 saturated carbocycles. The lowest BCUT2D eigenvalue weighted by Gasteiger charge is -2.08. The van der Waals surface area contributed by atoms with E-state index in [4.69, 9.17) is 4.42 Å². The third-order valence-corrected chi connectivity index (χ3v) is 7.40. The minimum absolute atomic E-state index is 0.0440. The van der Waals surface area contributed by atoms with Gasteiger partial charge in [0.1, 0.15) is 10.8 Å². The minimum atomic E-state index is -3.75. The van der Waals surface area contributed by atoms with Gasteiger partial charge in [-0.15, -0.1) is 22.7 Å². The number of amides is 1. The number of anilines is 1. The van der Waals surface area contributed by atoms with Crippen LogP contribution < -0.4 is 10.0 Å². The van der Waals surface area contributed by atoms with E-state index in [9.17, 15) is 13.2 Å². The molecular formula is C20H17N3O4S3. The Balaban J connectivity index is 1.39. The average molecular weight is 460 g/mol. The summed E-state index contributed by atoms with van der Waals surface area (Å²) in [6.45, 7) is 0.0440. The summed E-state index contributed by atoms with van der Waals surface area (Å²) in [5.74, 6) is 0.240. The monoisotopic (exact) mass is 459 g/mol. The third-order valence-electron chi connectivity index (χ3n) is 4.07. The molecular weight excluding hydrogens is 442 g/mol. The Kier molecular flexibility index (Phi) is 6.09. The first kappa shape index (κ1) is 20.5. The van der Waals surface area contributed by atoms with Crippen molar-refractivity contribution in [1.82, 2.24) is 9.71 Å². The Labute approximate surface area is 181 Å². The number of sulfonamides is 1. The van der Waals surface area contributed by atoms with Gasteiger partial charge in [0.25, 0.3) is 0 Å². The smallest absolute Gasteiger partial charge is 0.241 e. The van der Waals surface area contributed by atoms with E-state index in [0.29, 0.717) is 17.1 Å². The van der Waals surface area contributed by atoms with Crippen molar-refractivity contribution in [3.8, 4) is 9.88 Å².